The molecule has 2 saturated heterocycles. The lowest BCUT2D eigenvalue weighted by molar-refractivity contribution is -0.0468. The van der Waals surface area contributed by atoms with Crippen LogP contribution in [-0.4, -0.2) is 89.2 Å². The van der Waals surface area contributed by atoms with Gasteiger partial charge in [0.2, 0.25) is 0 Å². The minimum atomic E-state index is -1.12. The average Bonchev–Trinajstić information content (AvgIpc) is 3.60. The van der Waals surface area contributed by atoms with Gasteiger partial charge in [0.1, 0.15) is 35.2 Å². The third-order valence-electron chi connectivity index (χ3n) is 7.33. The van der Waals surface area contributed by atoms with Gasteiger partial charge in [-0.1, -0.05) is 19.6 Å². The number of likely N-dealkylation sites (tertiary alicyclic amines) is 1. The van der Waals surface area contributed by atoms with E-state index in [0.29, 0.717) is 38.5 Å². The molecular weight excluding hydrogens is 564 g/mol. The van der Waals surface area contributed by atoms with Crippen LogP contribution in [0.25, 0.3) is 0 Å². The van der Waals surface area contributed by atoms with Gasteiger partial charge in [0.25, 0.3) is 0 Å². The third kappa shape index (κ3) is 10.4. The van der Waals surface area contributed by atoms with Crippen molar-refractivity contribution >= 4 is 26.6 Å². The lowest BCUT2D eigenvalue weighted by Gasteiger charge is -2.38. The van der Waals surface area contributed by atoms with E-state index < -0.39 is 19.3 Å². The number of imidazole rings is 2. The molecule has 1 amide bonds. The summed E-state index contributed by atoms with van der Waals surface area (Å²) in [6.07, 6.45) is 9.64. The Hall–Kier alpha value is -1.96. The standard InChI is InChI=1S/C19H35N3O4Si.C9H15N3O.ClH/c1-18(2,3)26-17(23)21-10-7-19(24,8-11-21)16-20-9-12-22(16)15-25-13-14-27(4,5)6;1-13-9(2-4-10-5-3-9)8-11-6-7-12-8;/h9,12,24H,7-8,10-11,13-15H2,1-6H3;6-7,10H,2-5H2,1H3,(H,11,12);1H. The van der Waals surface area contributed by atoms with Crippen molar-refractivity contribution in [3.63, 3.8) is 0 Å². The molecule has 2 aliphatic heterocycles. The van der Waals surface area contributed by atoms with Gasteiger partial charge < -0.3 is 39.1 Å². The Morgan fingerprint density at radius 3 is 2.29 bits per heavy atom. The zero-order valence-corrected chi connectivity index (χ0v) is 27.7. The fourth-order valence-electron chi connectivity index (χ4n) is 4.85. The first-order chi connectivity index (χ1) is 18.8. The number of methoxy groups -OCH3 is 1. The van der Waals surface area contributed by atoms with Gasteiger partial charge >= 0.3 is 6.09 Å². The number of H-pyrrole nitrogens is 1. The molecule has 234 valence electrons. The maximum atomic E-state index is 12.2. The highest BCUT2D eigenvalue weighted by Crippen LogP contribution is 2.33. The van der Waals surface area contributed by atoms with Crippen LogP contribution < -0.4 is 5.32 Å². The van der Waals surface area contributed by atoms with Crippen molar-refractivity contribution in [3.8, 4) is 0 Å². The van der Waals surface area contributed by atoms with Gasteiger partial charge in [-0.15, -0.1) is 12.4 Å². The smallest absolute Gasteiger partial charge is 0.410 e. The molecule has 3 N–H and O–H groups in total. The van der Waals surface area contributed by atoms with Crippen LogP contribution in [0.4, 0.5) is 4.79 Å². The van der Waals surface area contributed by atoms with E-state index in [1.54, 1.807) is 24.4 Å². The molecule has 0 saturated carbocycles. The summed E-state index contributed by atoms with van der Waals surface area (Å²) in [5.74, 6) is 1.57. The summed E-state index contributed by atoms with van der Waals surface area (Å²) < 4.78 is 18.7. The van der Waals surface area contributed by atoms with Gasteiger partial charge in [0.15, 0.2) is 0 Å². The highest BCUT2D eigenvalue weighted by Gasteiger charge is 2.40. The molecule has 11 nitrogen and oxygen atoms in total. The Morgan fingerprint density at radius 1 is 1.10 bits per heavy atom. The Bertz CT molecular complexity index is 1040. The van der Waals surface area contributed by atoms with E-state index in [1.807, 2.05) is 37.7 Å². The summed E-state index contributed by atoms with van der Waals surface area (Å²) in [4.78, 5) is 25.7. The Balaban J connectivity index is 0.000000350. The maximum absolute atomic E-state index is 12.2. The van der Waals surface area contributed by atoms with Crippen molar-refractivity contribution in [2.75, 3.05) is 39.9 Å². The van der Waals surface area contributed by atoms with Crippen LogP contribution in [0.5, 0.6) is 0 Å². The van der Waals surface area contributed by atoms with Gasteiger partial charge in [-0.2, -0.15) is 0 Å². The molecule has 0 spiro atoms. The number of halogens is 1. The first-order valence-electron chi connectivity index (χ1n) is 14.3. The highest BCUT2D eigenvalue weighted by atomic mass is 35.5. The number of piperidine rings is 2. The number of ether oxygens (including phenoxy) is 3. The van der Waals surface area contributed by atoms with E-state index in [9.17, 15) is 9.90 Å². The summed E-state index contributed by atoms with van der Waals surface area (Å²) in [5, 5.41) is 14.4. The van der Waals surface area contributed by atoms with Crippen LogP contribution >= 0.6 is 12.4 Å². The number of nitrogens with one attached hydrogen (secondary N) is 2. The van der Waals surface area contributed by atoms with Crippen molar-refractivity contribution in [3.05, 3.63) is 36.4 Å². The molecule has 2 aromatic heterocycles. The molecule has 0 atom stereocenters. The van der Waals surface area contributed by atoms with Gasteiger partial charge in [0, 0.05) is 72.5 Å². The normalized spacial score (nSPS) is 18.6. The Kier molecular flexibility index (Phi) is 12.9. The minimum absolute atomic E-state index is 0. The molecule has 2 aliphatic rings. The molecule has 2 fully saturated rings. The quantitative estimate of drug-likeness (QED) is 0.294. The molecule has 0 bridgehead atoms. The van der Waals surface area contributed by atoms with E-state index in [4.69, 9.17) is 14.2 Å². The van der Waals surface area contributed by atoms with Crippen LogP contribution in [0.3, 0.4) is 0 Å². The van der Waals surface area contributed by atoms with Crippen LogP contribution in [0.15, 0.2) is 24.8 Å². The predicted molar refractivity (Wildman–Crippen MR) is 164 cm³/mol. The van der Waals surface area contributed by atoms with E-state index in [0.717, 1.165) is 44.4 Å². The summed E-state index contributed by atoms with van der Waals surface area (Å²) in [6, 6.07) is 1.10. The second-order valence-corrected chi connectivity index (χ2v) is 18.6. The number of amides is 1. The topological polar surface area (TPSA) is 127 Å². The number of rotatable bonds is 8. The first-order valence-corrected chi connectivity index (χ1v) is 18.0. The molecule has 0 aliphatic carbocycles. The Morgan fingerprint density at radius 2 is 1.76 bits per heavy atom. The Labute approximate surface area is 252 Å². The summed E-state index contributed by atoms with van der Waals surface area (Å²) in [5.41, 5.74) is -1.76. The number of hydrogen-bond donors (Lipinski definition) is 3. The van der Waals surface area contributed by atoms with Crippen molar-refractivity contribution in [2.45, 2.75) is 95.7 Å². The van der Waals surface area contributed by atoms with Crippen LogP contribution in [-0.2, 0) is 32.1 Å². The van der Waals surface area contributed by atoms with Crippen LogP contribution in [0.1, 0.15) is 58.1 Å². The maximum Gasteiger partial charge on any atom is 0.410 e. The zero-order valence-electron chi connectivity index (χ0n) is 25.9. The molecule has 13 heteroatoms. The number of aliphatic hydroxyl groups is 1. The summed E-state index contributed by atoms with van der Waals surface area (Å²) in [6.45, 7) is 16.5. The fourth-order valence-corrected chi connectivity index (χ4v) is 5.61. The number of carbonyl (C=O) groups is 1. The number of carbonyl (C=O) groups excluding carboxylic acids is 1. The van der Waals surface area contributed by atoms with Crippen molar-refractivity contribution in [2.24, 2.45) is 0 Å². The second kappa shape index (κ2) is 15.0. The van der Waals surface area contributed by atoms with Crippen LogP contribution in [0, 0.1) is 0 Å². The van der Waals surface area contributed by atoms with Gasteiger partial charge in [0.05, 0.1) is 0 Å². The number of hydrogen-bond acceptors (Lipinski definition) is 8. The molecule has 4 rings (SSSR count). The average molecular weight is 615 g/mol. The van der Waals surface area contributed by atoms with Crippen molar-refractivity contribution in [1.29, 1.82) is 0 Å². The highest BCUT2D eigenvalue weighted by molar-refractivity contribution is 6.76. The molecule has 0 unspecified atom stereocenters. The first kappa shape index (κ1) is 35.2. The number of aromatic nitrogens is 4. The molecule has 41 heavy (non-hydrogen) atoms. The van der Waals surface area contributed by atoms with Crippen molar-refractivity contribution in [1.82, 2.24) is 29.7 Å². The molecule has 0 aromatic carbocycles. The monoisotopic (exact) mass is 614 g/mol. The molecule has 4 heterocycles. The SMILES string of the molecule is CC(C)(C)OC(=O)N1CCC(O)(c2nccn2COCC[Si](C)(C)C)CC1.COC1(c2ncc[nH]2)CCNCC1.Cl. The molecule has 0 radical (unpaired) electrons. The van der Waals surface area contributed by atoms with E-state index >= 15 is 0 Å². The van der Waals surface area contributed by atoms with E-state index in [2.05, 4.69) is 39.9 Å². The second-order valence-electron chi connectivity index (χ2n) is 13.0. The zero-order chi connectivity index (χ0) is 29.4. The van der Waals surface area contributed by atoms with Gasteiger partial charge in [-0.05, 0) is 52.7 Å². The third-order valence-corrected chi connectivity index (χ3v) is 9.04. The van der Waals surface area contributed by atoms with Crippen LogP contribution in [0.2, 0.25) is 25.7 Å². The van der Waals surface area contributed by atoms with E-state index in [-0.39, 0.29) is 24.1 Å². The van der Waals surface area contributed by atoms with E-state index in [1.165, 1.54) is 0 Å². The van der Waals surface area contributed by atoms with Gasteiger partial charge in [-0.3, -0.25) is 0 Å². The lowest BCUT2D eigenvalue weighted by atomic mass is 9.90. The molecule has 2 aromatic rings. The predicted octanol–water partition coefficient (Wildman–Crippen LogP) is 4.47. The number of nitrogens with zero attached hydrogens (tertiary/aromatic N) is 4. The molecular formula is C28H51ClN6O5Si. The fraction of sp³-hybridized carbons (Fsp3) is 0.750. The van der Waals surface area contributed by atoms with Gasteiger partial charge in [-0.25, -0.2) is 14.8 Å². The summed E-state index contributed by atoms with van der Waals surface area (Å²) >= 11 is 0. The summed E-state index contributed by atoms with van der Waals surface area (Å²) in [7, 11) is 0.634. The van der Waals surface area contributed by atoms with Crippen molar-refractivity contribution < 1.29 is 24.1 Å². The largest absolute Gasteiger partial charge is 0.444 e. The lowest BCUT2D eigenvalue weighted by Crippen LogP contribution is -2.47. The minimum Gasteiger partial charge on any atom is -0.444 e. The number of aromatic amines is 1.